The van der Waals surface area contributed by atoms with E-state index in [0.717, 1.165) is 51.8 Å². The Bertz CT molecular complexity index is 1180. The van der Waals surface area contributed by atoms with Gasteiger partial charge in [-0.05, 0) is 103 Å². The topological polar surface area (TPSA) is 26.0 Å². The Hall–Kier alpha value is -3.06. The van der Waals surface area contributed by atoms with E-state index in [1.165, 1.54) is 60.8 Å². The van der Waals surface area contributed by atoms with Crippen LogP contribution in [0.1, 0.15) is 123 Å². The van der Waals surface area contributed by atoms with Crippen LogP contribution < -0.4 is 5.73 Å². The molecule has 2 N–H and O–H groups in total. The van der Waals surface area contributed by atoms with E-state index in [1.807, 2.05) is 13.8 Å². The number of hydrogen-bond acceptors (Lipinski definition) is 1. The van der Waals surface area contributed by atoms with Gasteiger partial charge in [0.25, 0.3) is 0 Å². The summed E-state index contributed by atoms with van der Waals surface area (Å²) in [5.41, 5.74) is 17.7. The van der Waals surface area contributed by atoms with Gasteiger partial charge in [0.2, 0.25) is 0 Å². The number of allylic oxidation sites excluding steroid dienone is 8. The number of anilines is 1. The predicted molar refractivity (Wildman–Crippen MR) is 189 cm³/mol. The smallest absolute Gasteiger partial charge is 0.0352 e. The molecular formula is C40H59N. The fourth-order valence-corrected chi connectivity index (χ4v) is 4.25. The highest BCUT2D eigenvalue weighted by Gasteiger charge is 2.12. The van der Waals surface area contributed by atoms with E-state index in [1.54, 1.807) is 0 Å². The first-order chi connectivity index (χ1) is 19.5. The van der Waals surface area contributed by atoms with Crippen molar-refractivity contribution in [3.63, 3.8) is 0 Å². The van der Waals surface area contributed by atoms with Gasteiger partial charge in [0, 0.05) is 5.69 Å². The Balaban J connectivity index is 0.00000106. The van der Waals surface area contributed by atoms with Crippen LogP contribution in [0, 0.1) is 11.8 Å². The molecule has 1 atom stereocenters. The Morgan fingerprint density at radius 1 is 0.951 bits per heavy atom. The molecule has 0 aliphatic heterocycles. The third-order valence-electron chi connectivity index (χ3n) is 7.61. The molecule has 1 aliphatic rings. The number of hydrogen-bond donors (Lipinski definition) is 1. The first-order valence-electron chi connectivity index (χ1n) is 15.8. The Morgan fingerprint density at radius 2 is 1.49 bits per heavy atom. The molecule has 1 heteroatoms. The van der Waals surface area contributed by atoms with E-state index >= 15 is 0 Å². The van der Waals surface area contributed by atoms with E-state index in [2.05, 4.69) is 122 Å². The SMILES string of the molecule is C=C(/C=C(\C)c1ccc(C(=C)C)cc1)/C(C)=C(\C=C/C)c1ccc(CCCC(C)CC)c(N)c1.CC1CC1.CCC. The lowest BCUT2D eigenvalue weighted by Crippen LogP contribution is -1.99. The minimum absolute atomic E-state index is 0.777. The van der Waals surface area contributed by atoms with Gasteiger partial charge in [0.1, 0.15) is 0 Å². The summed E-state index contributed by atoms with van der Waals surface area (Å²) in [5, 5.41) is 0. The maximum atomic E-state index is 6.48. The molecule has 1 aliphatic carbocycles. The monoisotopic (exact) mass is 553 g/mol. The predicted octanol–water partition coefficient (Wildman–Crippen LogP) is 12.5. The summed E-state index contributed by atoms with van der Waals surface area (Å²) in [5.74, 6) is 1.86. The lowest BCUT2D eigenvalue weighted by atomic mass is 9.92. The summed E-state index contributed by atoms with van der Waals surface area (Å²) in [6, 6.07) is 15.1. The normalized spacial score (nSPS) is 14.3. The van der Waals surface area contributed by atoms with Crippen molar-refractivity contribution in [2.45, 2.75) is 107 Å². The number of nitrogen functional groups attached to an aromatic ring is 1. The molecular weight excluding hydrogens is 494 g/mol. The Kier molecular flexibility index (Phi) is 16.8. The zero-order valence-corrected chi connectivity index (χ0v) is 27.9. The van der Waals surface area contributed by atoms with Crippen molar-refractivity contribution in [1.29, 1.82) is 0 Å². The molecule has 1 nitrogen and oxygen atoms in total. The third-order valence-corrected chi connectivity index (χ3v) is 7.61. The van der Waals surface area contributed by atoms with E-state index in [9.17, 15) is 0 Å². The second-order valence-corrected chi connectivity index (χ2v) is 12.0. The van der Waals surface area contributed by atoms with Gasteiger partial charge in [-0.25, -0.2) is 0 Å². The van der Waals surface area contributed by atoms with Crippen LogP contribution in [0.5, 0.6) is 0 Å². The first kappa shape index (κ1) is 36.0. The van der Waals surface area contributed by atoms with Crippen molar-refractivity contribution >= 4 is 22.4 Å². The first-order valence-corrected chi connectivity index (χ1v) is 15.8. The second-order valence-electron chi connectivity index (χ2n) is 12.0. The van der Waals surface area contributed by atoms with E-state index in [4.69, 9.17) is 5.73 Å². The van der Waals surface area contributed by atoms with Gasteiger partial charge < -0.3 is 5.73 Å². The molecule has 0 amide bonds. The van der Waals surface area contributed by atoms with Crippen molar-refractivity contribution in [2.24, 2.45) is 11.8 Å². The molecule has 0 radical (unpaired) electrons. The highest BCUT2D eigenvalue weighted by molar-refractivity contribution is 5.82. The van der Waals surface area contributed by atoms with Gasteiger partial charge in [-0.3, -0.25) is 0 Å². The summed E-state index contributed by atoms with van der Waals surface area (Å²) in [6.07, 6.45) is 15.3. The summed E-state index contributed by atoms with van der Waals surface area (Å²) in [4.78, 5) is 0. The molecule has 2 aromatic rings. The van der Waals surface area contributed by atoms with Crippen molar-refractivity contribution in [3.05, 3.63) is 107 Å². The largest absolute Gasteiger partial charge is 0.398 e. The van der Waals surface area contributed by atoms with Crippen LogP contribution in [0.15, 0.2) is 85.0 Å². The summed E-state index contributed by atoms with van der Waals surface area (Å²) in [6.45, 7) is 27.9. The fraction of sp³-hybridized carbons (Fsp3) is 0.450. The van der Waals surface area contributed by atoms with Crippen LogP contribution in [0.25, 0.3) is 16.7 Å². The van der Waals surface area contributed by atoms with Crippen molar-refractivity contribution < 1.29 is 0 Å². The molecule has 0 heterocycles. The maximum Gasteiger partial charge on any atom is 0.0352 e. The molecule has 0 saturated heterocycles. The quantitative estimate of drug-likeness (QED) is 0.217. The minimum atomic E-state index is 0.777. The summed E-state index contributed by atoms with van der Waals surface area (Å²) < 4.78 is 0. The van der Waals surface area contributed by atoms with E-state index in [0.29, 0.717) is 0 Å². The summed E-state index contributed by atoms with van der Waals surface area (Å²) >= 11 is 0. The molecule has 0 bridgehead atoms. The van der Waals surface area contributed by atoms with Crippen molar-refractivity contribution in [2.75, 3.05) is 5.73 Å². The average Bonchev–Trinajstić information content (AvgIpc) is 3.74. The van der Waals surface area contributed by atoms with Crippen LogP contribution in [0.3, 0.4) is 0 Å². The molecule has 2 aromatic carbocycles. The van der Waals surface area contributed by atoms with Gasteiger partial charge in [0.15, 0.2) is 0 Å². The molecule has 0 spiro atoms. The zero-order valence-electron chi connectivity index (χ0n) is 27.9. The Labute approximate surface area is 254 Å². The highest BCUT2D eigenvalue weighted by Crippen LogP contribution is 2.30. The van der Waals surface area contributed by atoms with Crippen LogP contribution >= 0.6 is 0 Å². The minimum Gasteiger partial charge on any atom is -0.398 e. The van der Waals surface area contributed by atoms with Crippen LogP contribution in [0.2, 0.25) is 0 Å². The number of benzene rings is 2. The third kappa shape index (κ3) is 13.4. The van der Waals surface area contributed by atoms with Crippen LogP contribution in [0.4, 0.5) is 5.69 Å². The molecule has 41 heavy (non-hydrogen) atoms. The van der Waals surface area contributed by atoms with Gasteiger partial charge >= 0.3 is 0 Å². The van der Waals surface area contributed by atoms with E-state index < -0.39 is 0 Å². The molecule has 1 unspecified atom stereocenters. The van der Waals surface area contributed by atoms with Gasteiger partial charge in [-0.15, -0.1) is 0 Å². The molecule has 3 rings (SSSR count). The average molecular weight is 554 g/mol. The fourth-order valence-electron chi connectivity index (χ4n) is 4.25. The van der Waals surface area contributed by atoms with E-state index in [-0.39, 0.29) is 0 Å². The van der Waals surface area contributed by atoms with Gasteiger partial charge in [-0.2, -0.15) is 0 Å². The van der Waals surface area contributed by atoms with Crippen LogP contribution in [-0.2, 0) is 6.42 Å². The van der Waals surface area contributed by atoms with Crippen molar-refractivity contribution in [3.8, 4) is 0 Å². The standard InChI is InChI=1S/C33H43N.C4H8.C3H8/c1-9-12-32(31-20-19-30(33(34)22-31)14-11-13-24(5)10-2)27(8)25(6)21-26(7)29-17-15-28(16-18-29)23(3)4;1-4-2-3-4;1-3-2/h9,12,15-22,24H,3,6,10-11,13-14,34H2,1-2,4-5,7-8H3;4H,2-3H2,1H3;3H2,1-2H3/b12-9-,26-21+,32-27+;;. The number of rotatable bonds is 11. The molecule has 1 saturated carbocycles. The number of nitrogens with two attached hydrogens (primary N) is 1. The second kappa shape index (κ2) is 19.1. The molecule has 0 aromatic heterocycles. The molecule has 1 fully saturated rings. The maximum absolute atomic E-state index is 6.48. The lowest BCUT2D eigenvalue weighted by molar-refractivity contribution is 0.496. The lowest BCUT2D eigenvalue weighted by Gasteiger charge is -2.14. The summed E-state index contributed by atoms with van der Waals surface area (Å²) in [7, 11) is 0. The Morgan fingerprint density at radius 3 is 1.95 bits per heavy atom. The van der Waals surface area contributed by atoms with Crippen LogP contribution in [-0.4, -0.2) is 0 Å². The van der Waals surface area contributed by atoms with Gasteiger partial charge in [0.05, 0.1) is 0 Å². The van der Waals surface area contributed by atoms with Gasteiger partial charge in [-0.1, -0.05) is 140 Å². The van der Waals surface area contributed by atoms with Crippen molar-refractivity contribution in [1.82, 2.24) is 0 Å². The molecule has 224 valence electrons. The zero-order chi connectivity index (χ0) is 30.9. The number of aryl methyl sites for hydroxylation is 1. The highest BCUT2D eigenvalue weighted by atomic mass is 14.6.